The summed E-state index contributed by atoms with van der Waals surface area (Å²) in [4.78, 5) is 5.94. The zero-order chi connectivity index (χ0) is 20.9. The number of aromatic nitrogens is 4. The molecule has 156 valence electrons. The minimum absolute atomic E-state index is 0.115. The fraction of sp³-hybridized carbons (Fsp3) is 0.409. The highest BCUT2D eigenvalue weighted by atomic mass is 19.1. The quantitative estimate of drug-likeness (QED) is 0.691. The molecule has 2 bridgehead atoms. The van der Waals surface area contributed by atoms with E-state index < -0.39 is 11.7 Å². The highest BCUT2D eigenvalue weighted by molar-refractivity contribution is 5.69. The molecule has 1 aromatic carbocycles. The Hall–Kier alpha value is -3.00. The number of nitrogens with zero attached hydrogens (tertiary/aromatic N) is 5. The van der Waals surface area contributed by atoms with Crippen molar-refractivity contribution >= 4 is 5.82 Å². The summed E-state index contributed by atoms with van der Waals surface area (Å²) >= 11 is 0. The van der Waals surface area contributed by atoms with E-state index in [0.717, 1.165) is 25.1 Å². The molecule has 2 aliphatic heterocycles. The van der Waals surface area contributed by atoms with Gasteiger partial charge in [-0.15, -0.1) is 10.2 Å². The van der Waals surface area contributed by atoms with Crippen molar-refractivity contribution < 1.29 is 9.50 Å². The van der Waals surface area contributed by atoms with Gasteiger partial charge in [0.1, 0.15) is 11.9 Å². The molecule has 2 aromatic heterocycles. The van der Waals surface area contributed by atoms with Crippen LogP contribution in [0, 0.1) is 5.92 Å². The van der Waals surface area contributed by atoms with Gasteiger partial charge < -0.3 is 19.9 Å². The number of anilines is 1. The van der Waals surface area contributed by atoms with Crippen LogP contribution < -0.4 is 10.2 Å². The molecule has 30 heavy (non-hydrogen) atoms. The van der Waals surface area contributed by atoms with Gasteiger partial charge in [-0.2, -0.15) is 0 Å². The maximum absolute atomic E-state index is 15.2. The lowest BCUT2D eigenvalue weighted by Crippen LogP contribution is -2.70. The Kier molecular flexibility index (Phi) is 4.47. The molecule has 8 heteroatoms. The van der Waals surface area contributed by atoms with E-state index in [2.05, 4.69) is 20.5 Å². The maximum atomic E-state index is 15.2. The molecule has 3 aromatic rings. The van der Waals surface area contributed by atoms with Crippen LogP contribution in [-0.2, 0) is 0 Å². The molecule has 3 aliphatic rings. The molecular formula is C22H25FN6O. The lowest BCUT2D eigenvalue weighted by atomic mass is 9.68. The molecule has 0 amide bonds. The Morgan fingerprint density at radius 2 is 2.13 bits per heavy atom. The molecule has 4 heterocycles. The van der Waals surface area contributed by atoms with Gasteiger partial charge in [-0.05, 0) is 49.9 Å². The third kappa shape index (κ3) is 3.02. The van der Waals surface area contributed by atoms with E-state index in [0.29, 0.717) is 17.1 Å². The van der Waals surface area contributed by atoms with Crippen molar-refractivity contribution in [3.63, 3.8) is 0 Å². The van der Waals surface area contributed by atoms with Gasteiger partial charge >= 0.3 is 0 Å². The van der Waals surface area contributed by atoms with Gasteiger partial charge in [0.15, 0.2) is 5.82 Å². The van der Waals surface area contributed by atoms with Crippen LogP contribution in [0.25, 0.3) is 16.9 Å². The summed E-state index contributed by atoms with van der Waals surface area (Å²) < 4.78 is 17.0. The van der Waals surface area contributed by atoms with Gasteiger partial charge in [-0.25, -0.2) is 9.37 Å². The van der Waals surface area contributed by atoms with Crippen molar-refractivity contribution in [3.05, 3.63) is 49.1 Å². The van der Waals surface area contributed by atoms with Crippen LogP contribution in [0.2, 0.25) is 0 Å². The minimum Gasteiger partial charge on any atom is -0.507 e. The van der Waals surface area contributed by atoms with E-state index in [1.807, 2.05) is 53.9 Å². The number of halogens is 1. The monoisotopic (exact) mass is 408 g/mol. The van der Waals surface area contributed by atoms with Gasteiger partial charge in [0.25, 0.3) is 0 Å². The summed E-state index contributed by atoms with van der Waals surface area (Å²) in [6, 6.07) is 8.81. The highest BCUT2D eigenvalue weighted by Crippen LogP contribution is 2.42. The zero-order valence-corrected chi connectivity index (χ0v) is 17.0. The predicted molar refractivity (Wildman–Crippen MR) is 112 cm³/mol. The number of fused-ring (bicyclic) bond motifs is 3. The van der Waals surface area contributed by atoms with Crippen LogP contribution in [0.3, 0.4) is 0 Å². The molecule has 2 saturated heterocycles. The van der Waals surface area contributed by atoms with E-state index in [-0.39, 0.29) is 17.7 Å². The Labute approximate surface area is 174 Å². The van der Waals surface area contributed by atoms with Gasteiger partial charge in [0.05, 0.1) is 23.8 Å². The molecule has 6 rings (SSSR count). The first-order valence-electron chi connectivity index (χ1n) is 10.2. The lowest BCUT2D eigenvalue weighted by Gasteiger charge is -2.54. The zero-order valence-electron chi connectivity index (χ0n) is 17.0. The third-order valence-corrected chi connectivity index (χ3v) is 6.71. The molecule has 0 spiro atoms. The van der Waals surface area contributed by atoms with E-state index in [9.17, 15) is 5.11 Å². The summed E-state index contributed by atoms with van der Waals surface area (Å²) in [5, 5.41) is 22.5. The number of hydrogen-bond donors (Lipinski definition) is 2. The number of nitrogens with one attached hydrogen (secondary N) is 1. The highest BCUT2D eigenvalue weighted by Gasteiger charge is 2.53. The Morgan fingerprint density at radius 3 is 2.77 bits per heavy atom. The topological polar surface area (TPSA) is 79.1 Å². The van der Waals surface area contributed by atoms with E-state index >= 15 is 4.39 Å². The number of phenols is 1. The number of imidazole rings is 1. The largest absolute Gasteiger partial charge is 0.507 e. The Morgan fingerprint density at radius 1 is 1.27 bits per heavy atom. The van der Waals surface area contributed by atoms with Gasteiger partial charge in [-0.1, -0.05) is 0 Å². The molecular weight excluding hydrogens is 383 g/mol. The van der Waals surface area contributed by atoms with Gasteiger partial charge in [-0.3, -0.25) is 0 Å². The number of benzene rings is 1. The second-order valence-electron chi connectivity index (χ2n) is 8.55. The van der Waals surface area contributed by atoms with Crippen molar-refractivity contribution in [1.82, 2.24) is 25.1 Å². The molecule has 0 unspecified atom stereocenters. The van der Waals surface area contributed by atoms with Crippen LogP contribution in [0.4, 0.5) is 10.2 Å². The number of alkyl halides is 1. The fourth-order valence-corrected chi connectivity index (χ4v) is 4.81. The third-order valence-electron chi connectivity index (χ3n) is 6.71. The number of piperidine rings is 2. The summed E-state index contributed by atoms with van der Waals surface area (Å²) in [7, 11) is 1.89. The first-order valence-corrected chi connectivity index (χ1v) is 10.2. The second-order valence-corrected chi connectivity index (χ2v) is 8.55. The number of phenolic OH excluding ortho intramolecular Hbond substituents is 1. The van der Waals surface area contributed by atoms with Crippen LogP contribution >= 0.6 is 0 Å². The number of aromatic hydroxyl groups is 1. The van der Waals surface area contributed by atoms with Crippen molar-refractivity contribution in [2.24, 2.45) is 5.92 Å². The standard InChI is InChI=1S/C22H25FN6O/c1-22-8-7-14(12-25-22)20(21(22)23)28(2)19-6-5-17(26-27-19)16-4-3-15(11-18(16)30)29-10-9-24-13-29/h3-6,9-11,13-14,20-21,25,30H,7-8,12H2,1-2H3/t14-,20+,21+,22-/m0/s1. The molecule has 2 N–H and O–H groups in total. The molecule has 0 radical (unpaired) electrons. The van der Waals surface area contributed by atoms with Crippen molar-refractivity contribution in [2.45, 2.75) is 37.5 Å². The number of rotatable bonds is 4. The van der Waals surface area contributed by atoms with Crippen LogP contribution in [0.5, 0.6) is 5.75 Å². The summed E-state index contributed by atoms with van der Waals surface area (Å²) in [5.41, 5.74) is 1.50. The van der Waals surface area contributed by atoms with Crippen molar-refractivity contribution in [2.75, 3.05) is 18.5 Å². The Balaban J connectivity index is 1.38. The van der Waals surface area contributed by atoms with E-state index in [1.54, 1.807) is 18.6 Å². The SMILES string of the molecule is CN(c1ccc(-c2ccc(-n3ccnc3)cc2O)nn1)[C@@H]1[C@H]2CC[C@](C)(NC2)[C@@H]1F. The Bertz CT molecular complexity index is 1030. The smallest absolute Gasteiger partial charge is 0.151 e. The second kappa shape index (κ2) is 7.05. The van der Waals surface area contributed by atoms with E-state index in [4.69, 9.17) is 0 Å². The molecule has 3 fully saturated rings. The molecule has 1 saturated carbocycles. The van der Waals surface area contributed by atoms with E-state index in [1.165, 1.54) is 0 Å². The average molecular weight is 408 g/mol. The van der Waals surface area contributed by atoms with Crippen molar-refractivity contribution in [3.8, 4) is 22.7 Å². The van der Waals surface area contributed by atoms with Crippen LogP contribution in [0.15, 0.2) is 49.1 Å². The normalized spacial score (nSPS) is 27.9. The van der Waals surface area contributed by atoms with Crippen molar-refractivity contribution in [1.29, 1.82) is 0 Å². The summed E-state index contributed by atoms with van der Waals surface area (Å²) in [6.45, 7) is 2.80. The van der Waals surface area contributed by atoms with Crippen LogP contribution in [-0.4, -0.2) is 56.2 Å². The molecule has 1 aliphatic carbocycles. The van der Waals surface area contributed by atoms with Gasteiger partial charge in [0, 0.05) is 43.2 Å². The van der Waals surface area contributed by atoms with Crippen LogP contribution in [0.1, 0.15) is 19.8 Å². The number of hydrogen-bond acceptors (Lipinski definition) is 6. The van der Waals surface area contributed by atoms with Gasteiger partial charge in [0.2, 0.25) is 0 Å². The minimum atomic E-state index is -0.962. The lowest BCUT2D eigenvalue weighted by molar-refractivity contribution is 0.0102. The summed E-state index contributed by atoms with van der Waals surface area (Å²) in [6.07, 6.45) is 6.08. The first kappa shape index (κ1) is 19.0. The molecule has 4 atom stereocenters. The average Bonchev–Trinajstić information content (AvgIpc) is 3.30. The fourth-order valence-electron chi connectivity index (χ4n) is 4.81. The molecule has 7 nitrogen and oxygen atoms in total. The maximum Gasteiger partial charge on any atom is 0.151 e. The first-order chi connectivity index (χ1) is 14.5. The predicted octanol–water partition coefficient (Wildman–Crippen LogP) is 2.95. The summed E-state index contributed by atoms with van der Waals surface area (Å²) in [5.74, 6) is 1.01.